The van der Waals surface area contributed by atoms with Crippen LogP contribution in [-0.4, -0.2) is 31.6 Å². The zero-order chi connectivity index (χ0) is 13.5. The van der Waals surface area contributed by atoms with Gasteiger partial charge in [-0.3, -0.25) is 4.79 Å². The molecule has 2 amide bonds. The molecular formula is C13H18N2O3. The first-order chi connectivity index (χ1) is 8.52. The van der Waals surface area contributed by atoms with E-state index < -0.39 is 0 Å². The monoisotopic (exact) mass is 250 g/mol. The topological polar surface area (TPSA) is 67.4 Å². The molecule has 0 radical (unpaired) electrons. The van der Waals surface area contributed by atoms with Gasteiger partial charge in [0, 0.05) is 24.9 Å². The van der Waals surface area contributed by atoms with Gasteiger partial charge in [-0.05, 0) is 38.1 Å². The highest BCUT2D eigenvalue weighted by Crippen LogP contribution is 2.09. The predicted molar refractivity (Wildman–Crippen MR) is 69.9 cm³/mol. The number of hydrogen-bond acceptors (Lipinski definition) is 3. The summed E-state index contributed by atoms with van der Waals surface area (Å²) in [5.41, 5.74) is 1.26. The number of benzene rings is 1. The lowest BCUT2D eigenvalue weighted by Crippen LogP contribution is -2.34. The van der Waals surface area contributed by atoms with Crippen molar-refractivity contribution in [2.24, 2.45) is 0 Å². The number of hydrogen-bond donors (Lipinski definition) is 2. The first-order valence-electron chi connectivity index (χ1n) is 5.71. The Labute approximate surface area is 107 Å². The fourth-order valence-electron chi connectivity index (χ4n) is 1.28. The number of nitrogens with one attached hydrogen (secondary N) is 2. The molecule has 1 aromatic rings. The van der Waals surface area contributed by atoms with Gasteiger partial charge in [-0.2, -0.15) is 0 Å². The van der Waals surface area contributed by atoms with E-state index in [-0.39, 0.29) is 17.9 Å². The second kappa shape index (κ2) is 6.76. The maximum Gasteiger partial charge on any atom is 0.319 e. The van der Waals surface area contributed by atoms with E-state index in [4.69, 9.17) is 4.74 Å². The van der Waals surface area contributed by atoms with E-state index in [0.29, 0.717) is 17.8 Å². The van der Waals surface area contributed by atoms with Crippen molar-refractivity contribution in [1.29, 1.82) is 0 Å². The van der Waals surface area contributed by atoms with Crippen LogP contribution in [0, 0.1) is 0 Å². The van der Waals surface area contributed by atoms with E-state index in [9.17, 15) is 9.59 Å². The van der Waals surface area contributed by atoms with E-state index in [2.05, 4.69) is 10.6 Å². The summed E-state index contributed by atoms with van der Waals surface area (Å²) in [5, 5.41) is 5.35. The summed E-state index contributed by atoms with van der Waals surface area (Å²) in [5.74, 6) is -0.0000733. The zero-order valence-corrected chi connectivity index (χ0v) is 10.8. The van der Waals surface area contributed by atoms with Crippen LogP contribution in [0.15, 0.2) is 24.3 Å². The van der Waals surface area contributed by atoms with Crippen LogP contribution in [0.5, 0.6) is 0 Å². The molecule has 98 valence electrons. The molecule has 0 aliphatic rings. The normalized spacial score (nSPS) is 11.7. The van der Waals surface area contributed by atoms with Crippen LogP contribution >= 0.6 is 0 Å². The molecule has 1 atom stereocenters. The number of rotatable bonds is 5. The lowest BCUT2D eigenvalue weighted by Gasteiger charge is -2.11. The second-order valence-electron chi connectivity index (χ2n) is 4.01. The number of anilines is 1. The molecule has 0 spiro atoms. The Balaban J connectivity index is 2.47. The quantitative estimate of drug-likeness (QED) is 0.786. The van der Waals surface area contributed by atoms with Crippen LogP contribution < -0.4 is 10.6 Å². The Kier molecular flexibility index (Phi) is 5.32. The molecule has 0 aromatic heterocycles. The molecule has 1 aromatic carbocycles. The summed E-state index contributed by atoms with van der Waals surface area (Å²) in [7, 11) is 1.59. The second-order valence-corrected chi connectivity index (χ2v) is 4.01. The van der Waals surface area contributed by atoms with Crippen LogP contribution in [0.4, 0.5) is 10.5 Å². The third-order valence-electron chi connectivity index (χ3n) is 2.50. The summed E-state index contributed by atoms with van der Waals surface area (Å²) >= 11 is 0. The van der Waals surface area contributed by atoms with Gasteiger partial charge >= 0.3 is 6.03 Å². The average molecular weight is 250 g/mol. The zero-order valence-electron chi connectivity index (χ0n) is 10.8. The van der Waals surface area contributed by atoms with Crippen molar-refractivity contribution in [2.45, 2.75) is 20.0 Å². The predicted octanol–water partition coefficient (Wildman–Crippen LogP) is 2.05. The summed E-state index contributed by atoms with van der Waals surface area (Å²) in [4.78, 5) is 22.6. The highest BCUT2D eigenvalue weighted by molar-refractivity contribution is 5.95. The Hall–Kier alpha value is -1.88. The molecule has 2 N–H and O–H groups in total. The molecule has 0 saturated heterocycles. The number of methoxy groups -OCH3 is 1. The molecule has 0 saturated carbocycles. The van der Waals surface area contributed by atoms with Crippen LogP contribution in [-0.2, 0) is 4.74 Å². The summed E-state index contributed by atoms with van der Waals surface area (Å²) in [6.07, 6.45) is -0.0316. The van der Waals surface area contributed by atoms with Gasteiger partial charge in [0.25, 0.3) is 0 Å². The molecule has 1 rings (SSSR count). The van der Waals surface area contributed by atoms with E-state index >= 15 is 0 Å². The van der Waals surface area contributed by atoms with E-state index in [1.807, 2.05) is 6.92 Å². The first-order valence-corrected chi connectivity index (χ1v) is 5.71. The maximum atomic E-state index is 11.5. The van der Waals surface area contributed by atoms with Gasteiger partial charge in [0.15, 0.2) is 5.78 Å². The van der Waals surface area contributed by atoms with E-state index in [0.717, 1.165) is 0 Å². The van der Waals surface area contributed by atoms with Crippen molar-refractivity contribution in [3.63, 3.8) is 0 Å². The van der Waals surface area contributed by atoms with Crippen LogP contribution in [0.25, 0.3) is 0 Å². The van der Waals surface area contributed by atoms with Crippen molar-refractivity contribution in [3.05, 3.63) is 29.8 Å². The van der Waals surface area contributed by atoms with Gasteiger partial charge in [-0.15, -0.1) is 0 Å². The molecule has 18 heavy (non-hydrogen) atoms. The third-order valence-corrected chi connectivity index (χ3v) is 2.50. The number of carbonyl (C=O) groups is 2. The fourth-order valence-corrected chi connectivity index (χ4v) is 1.28. The van der Waals surface area contributed by atoms with Gasteiger partial charge in [0.1, 0.15) is 0 Å². The molecule has 0 bridgehead atoms. The van der Waals surface area contributed by atoms with Crippen molar-refractivity contribution < 1.29 is 14.3 Å². The average Bonchev–Trinajstić information content (AvgIpc) is 2.36. The molecule has 0 heterocycles. The smallest absolute Gasteiger partial charge is 0.319 e. The summed E-state index contributed by atoms with van der Waals surface area (Å²) in [6, 6.07) is 6.44. The van der Waals surface area contributed by atoms with Crippen LogP contribution in [0.3, 0.4) is 0 Å². The maximum absolute atomic E-state index is 11.5. The molecule has 5 heteroatoms. The van der Waals surface area contributed by atoms with Gasteiger partial charge in [0.2, 0.25) is 0 Å². The van der Waals surface area contributed by atoms with Crippen molar-refractivity contribution in [1.82, 2.24) is 5.32 Å². The molecule has 0 aliphatic carbocycles. The minimum Gasteiger partial charge on any atom is -0.380 e. The van der Waals surface area contributed by atoms with Gasteiger partial charge in [-0.1, -0.05) is 0 Å². The highest BCUT2D eigenvalue weighted by atomic mass is 16.5. The minimum atomic E-state index is -0.297. The lowest BCUT2D eigenvalue weighted by molar-refractivity contribution is 0.101. The number of ketones is 1. The van der Waals surface area contributed by atoms with E-state index in [1.54, 1.807) is 31.4 Å². The Morgan fingerprint density at radius 2 is 1.89 bits per heavy atom. The molecule has 1 unspecified atom stereocenters. The van der Waals surface area contributed by atoms with Crippen molar-refractivity contribution in [2.75, 3.05) is 19.0 Å². The first kappa shape index (κ1) is 14.2. The Bertz CT molecular complexity index is 415. The summed E-state index contributed by atoms with van der Waals surface area (Å²) in [6.45, 7) is 3.80. The number of amides is 2. The van der Waals surface area contributed by atoms with Gasteiger partial charge < -0.3 is 15.4 Å². The number of ether oxygens (including phenoxy) is 1. The number of urea groups is 1. The van der Waals surface area contributed by atoms with Crippen LogP contribution in [0.1, 0.15) is 24.2 Å². The fraction of sp³-hybridized carbons (Fsp3) is 0.385. The molecule has 0 aliphatic heterocycles. The summed E-state index contributed by atoms with van der Waals surface area (Å²) < 4.78 is 5.01. The van der Waals surface area contributed by atoms with Crippen molar-refractivity contribution in [3.8, 4) is 0 Å². The Morgan fingerprint density at radius 1 is 1.28 bits per heavy atom. The highest BCUT2D eigenvalue weighted by Gasteiger charge is 2.05. The molecule has 0 fully saturated rings. The molecular weight excluding hydrogens is 232 g/mol. The number of Topliss-reactive ketones (excluding diaryl/α,β-unsaturated/α-hetero) is 1. The van der Waals surface area contributed by atoms with Gasteiger partial charge in [0.05, 0.1) is 6.10 Å². The number of carbonyl (C=O) groups excluding carboxylic acids is 2. The standard InChI is InChI=1S/C13H18N2O3/c1-9(18-3)8-14-13(17)15-12-6-4-11(5-7-12)10(2)16/h4-7,9H,8H2,1-3H3,(H2,14,15,17). The third kappa shape index (κ3) is 4.55. The molecule has 5 nitrogen and oxygen atoms in total. The minimum absolute atomic E-state index is 0.0000733. The SMILES string of the molecule is COC(C)CNC(=O)Nc1ccc(C(C)=O)cc1. The van der Waals surface area contributed by atoms with E-state index in [1.165, 1.54) is 6.92 Å². The van der Waals surface area contributed by atoms with Crippen LogP contribution in [0.2, 0.25) is 0 Å². The lowest BCUT2D eigenvalue weighted by atomic mass is 10.1. The Morgan fingerprint density at radius 3 is 2.39 bits per heavy atom. The van der Waals surface area contributed by atoms with Gasteiger partial charge in [-0.25, -0.2) is 4.79 Å². The van der Waals surface area contributed by atoms with Crippen molar-refractivity contribution >= 4 is 17.5 Å². The largest absolute Gasteiger partial charge is 0.380 e.